The van der Waals surface area contributed by atoms with Gasteiger partial charge in [-0.05, 0) is 29.3 Å². The number of amides is 2. The number of carbonyl (C=O) groups is 2. The highest BCUT2D eigenvalue weighted by atomic mass is 32.2. The molecule has 0 saturated heterocycles. The third-order valence-corrected chi connectivity index (χ3v) is 6.56. The SMILES string of the molecule is NC(=O)c1ccc(SCC(=O)NCC(c2ccccc2)c2c[nH]c3ccccc23)c([N+](=O)[O-])c1. The summed E-state index contributed by atoms with van der Waals surface area (Å²) in [6.45, 7) is 0.369. The molecule has 1 heterocycles. The molecule has 0 aliphatic carbocycles. The smallest absolute Gasteiger partial charge is 0.283 e. The molecule has 8 nitrogen and oxygen atoms in total. The molecule has 4 rings (SSSR count). The van der Waals surface area contributed by atoms with Gasteiger partial charge in [-0.15, -0.1) is 11.8 Å². The number of nitrogens with one attached hydrogen (secondary N) is 2. The summed E-state index contributed by atoms with van der Waals surface area (Å²) >= 11 is 1.04. The molecule has 1 aromatic heterocycles. The number of thioether (sulfide) groups is 1. The molecule has 3 aromatic carbocycles. The van der Waals surface area contributed by atoms with Crippen molar-refractivity contribution in [3.63, 3.8) is 0 Å². The molecule has 4 aromatic rings. The topological polar surface area (TPSA) is 131 Å². The van der Waals surface area contributed by atoms with E-state index in [4.69, 9.17) is 5.73 Å². The number of nitrogens with zero attached hydrogens (tertiary/aromatic N) is 1. The summed E-state index contributed by atoms with van der Waals surface area (Å²) in [5.74, 6) is -1.08. The molecule has 9 heteroatoms. The highest BCUT2D eigenvalue weighted by Crippen LogP contribution is 2.32. The van der Waals surface area contributed by atoms with Crippen molar-refractivity contribution in [3.05, 3.63) is 106 Å². The number of primary amides is 1. The van der Waals surface area contributed by atoms with Gasteiger partial charge in [0.15, 0.2) is 0 Å². The second kappa shape index (κ2) is 10.2. The lowest BCUT2D eigenvalue weighted by molar-refractivity contribution is -0.387. The van der Waals surface area contributed by atoms with Gasteiger partial charge in [0.1, 0.15) is 0 Å². The number of rotatable bonds is 9. The van der Waals surface area contributed by atoms with Crippen LogP contribution in [0.1, 0.15) is 27.4 Å². The lowest BCUT2D eigenvalue weighted by Gasteiger charge is -2.18. The molecule has 0 bridgehead atoms. The molecular weight excluding hydrogens is 452 g/mol. The minimum atomic E-state index is -0.748. The molecule has 2 amide bonds. The van der Waals surface area contributed by atoms with E-state index in [-0.39, 0.29) is 28.8 Å². The molecule has 0 aliphatic heterocycles. The molecular formula is C25H22N4O4S. The number of H-pyrrole nitrogens is 1. The quantitative estimate of drug-likeness (QED) is 0.190. The minimum Gasteiger partial charge on any atom is -0.366 e. The summed E-state index contributed by atoms with van der Waals surface area (Å²) in [7, 11) is 0. The molecule has 1 atom stereocenters. The number of carbonyl (C=O) groups excluding carboxylic acids is 2. The predicted octanol–water partition coefficient (Wildman–Crippen LogP) is 4.22. The fourth-order valence-electron chi connectivity index (χ4n) is 3.82. The Balaban J connectivity index is 1.48. The number of nitro groups is 1. The largest absolute Gasteiger partial charge is 0.366 e. The van der Waals surface area contributed by atoms with E-state index in [1.165, 1.54) is 12.1 Å². The average Bonchev–Trinajstić information content (AvgIpc) is 3.27. The van der Waals surface area contributed by atoms with Gasteiger partial charge in [-0.3, -0.25) is 19.7 Å². The fraction of sp³-hybridized carbons (Fsp3) is 0.120. The fourth-order valence-corrected chi connectivity index (χ4v) is 4.65. The van der Waals surface area contributed by atoms with Gasteiger partial charge in [0.25, 0.3) is 5.69 Å². The Morgan fingerprint density at radius 2 is 1.79 bits per heavy atom. The monoisotopic (exact) mass is 474 g/mol. The van der Waals surface area contributed by atoms with Crippen LogP contribution in [0.5, 0.6) is 0 Å². The minimum absolute atomic E-state index is 0.00779. The van der Waals surface area contributed by atoms with Crippen LogP contribution in [-0.4, -0.2) is 34.0 Å². The number of nitrogens with two attached hydrogens (primary N) is 1. The predicted molar refractivity (Wildman–Crippen MR) is 132 cm³/mol. The van der Waals surface area contributed by atoms with Gasteiger partial charge >= 0.3 is 0 Å². The maximum absolute atomic E-state index is 12.7. The van der Waals surface area contributed by atoms with E-state index in [0.29, 0.717) is 11.4 Å². The molecule has 172 valence electrons. The van der Waals surface area contributed by atoms with Crippen LogP contribution in [-0.2, 0) is 4.79 Å². The summed E-state index contributed by atoms with van der Waals surface area (Å²) in [4.78, 5) is 38.4. The van der Waals surface area contributed by atoms with Crippen molar-refractivity contribution in [3.8, 4) is 0 Å². The number of hydrogen-bond donors (Lipinski definition) is 3. The highest BCUT2D eigenvalue weighted by molar-refractivity contribution is 8.00. The number of aromatic nitrogens is 1. The summed E-state index contributed by atoms with van der Waals surface area (Å²) in [5.41, 5.74) is 8.17. The van der Waals surface area contributed by atoms with Crippen molar-refractivity contribution in [1.29, 1.82) is 0 Å². The number of nitro benzene ring substituents is 1. The van der Waals surface area contributed by atoms with Crippen LogP contribution in [0.2, 0.25) is 0 Å². The third-order valence-electron chi connectivity index (χ3n) is 5.50. The zero-order valence-electron chi connectivity index (χ0n) is 18.1. The van der Waals surface area contributed by atoms with Crippen LogP contribution < -0.4 is 11.1 Å². The highest BCUT2D eigenvalue weighted by Gasteiger charge is 2.21. The molecule has 1 unspecified atom stereocenters. The summed E-state index contributed by atoms with van der Waals surface area (Å²) < 4.78 is 0. The van der Waals surface area contributed by atoms with Gasteiger partial charge in [-0.2, -0.15) is 0 Å². The number of hydrogen-bond acceptors (Lipinski definition) is 5. The average molecular weight is 475 g/mol. The Morgan fingerprint density at radius 1 is 1.06 bits per heavy atom. The van der Waals surface area contributed by atoms with E-state index >= 15 is 0 Å². The first-order chi connectivity index (χ1) is 16.4. The number of fused-ring (bicyclic) bond motifs is 1. The third kappa shape index (κ3) is 5.10. The van der Waals surface area contributed by atoms with Crippen molar-refractivity contribution < 1.29 is 14.5 Å². The first kappa shape index (κ1) is 23.1. The first-order valence-electron chi connectivity index (χ1n) is 10.5. The van der Waals surface area contributed by atoms with Gasteiger partial charge in [0.05, 0.1) is 15.6 Å². The molecule has 0 fully saturated rings. The van der Waals surface area contributed by atoms with E-state index in [2.05, 4.69) is 10.3 Å². The normalized spacial score (nSPS) is 11.8. The van der Waals surface area contributed by atoms with Crippen molar-refractivity contribution in [2.75, 3.05) is 12.3 Å². The van der Waals surface area contributed by atoms with Crippen LogP contribution in [0.25, 0.3) is 10.9 Å². The maximum Gasteiger partial charge on any atom is 0.283 e. The first-order valence-corrected chi connectivity index (χ1v) is 11.5. The molecule has 4 N–H and O–H groups in total. The summed E-state index contributed by atoms with van der Waals surface area (Å²) in [6.07, 6.45) is 1.97. The molecule has 0 radical (unpaired) electrons. The van der Waals surface area contributed by atoms with Gasteiger partial charge in [0, 0.05) is 41.2 Å². The Hall–Kier alpha value is -4.11. The van der Waals surface area contributed by atoms with Gasteiger partial charge in [0.2, 0.25) is 11.8 Å². The second-order valence-electron chi connectivity index (χ2n) is 7.65. The maximum atomic E-state index is 12.7. The van der Waals surface area contributed by atoms with Gasteiger partial charge in [-0.1, -0.05) is 48.5 Å². The van der Waals surface area contributed by atoms with E-state index in [1.807, 2.05) is 60.8 Å². The van der Waals surface area contributed by atoms with Gasteiger partial charge < -0.3 is 16.0 Å². The number of benzene rings is 3. The second-order valence-corrected chi connectivity index (χ2v) is 8.67. The molecule has 0 spiro atoms. The van der Waals surface area contributed by atoms with E-state index in [0.717, 1.165) is 39.9 Å². The zero-order chi connectivity index (χ0) is 24.1. The van der Waals surface area contributed by atoms with Crippen molar-refractivity contribution >= 4 is 40.2 Å². The Morgan fingerprint density at radius 3 is 2.53 bits per heavy atom. The number of aromatic amines is 1. The Labute approximate surface area is 199 Å². The Kier molecular flexibility index (Phi) is 6.93. The van der Waals surface area contributed by atoms with E-state index in [9.17, 15) is 19.7 Å². The molecule has 34 heavy (non-hydrogen) atoms. The van der Waals surface area contributed by atoms with Crippen molar-refractivity contribution in [1.82, 2.24) is 10.3 Å². The van der Waals surface area contributed by atoms with Gasteiger partial charge in [-0.25, -0.2) is 0 Å². The summed E-state index contributed by atoms with van der Waals surface area (Å²) in [5, 5.41) is 15.4. The lowest BCUT2D eigenvalue weighted by atomic mass is 9.91. The van der Waals surface area contributed by atoms with E-state index < -0.39 is 10.8 Å². The lowest BCUT2D eigenvalue weighted by Crippen LogP contribution is -2.30. The van der Waals surface area contributed by atoms with Crippen LogP contribution >= 0.6 is 11.8 Å². The molecule has 0 aliphatic rings. The van der Waals surface area contributed by atoms with Crippen LogP contribution in [0.15, 0.2) is 83.9 Å². The number of para-hydroxylation sites is 1. The Bertz CT molecular complexity index is 1350. The zero-order valence-corrected chi connectivity index (χ0v) is 18.9. The van der Waals surface area contributed by atoms with Crippen LogP contribution in [0, 0.1) is 10.1 Å². The van der Waals surface area contributed by atoms with E-state index in [1.54, 1.807) is 0 Å². The standard InChI is InChI=1S/C25H22N4O4S/c26-25(31)17-10-11-23(22(12-17)29(32)33)34-15-24(30)28-13-19(16-6-2-1-3-7-16)20-14-27-21-9-5-4-8-18(20)21/h1-12,14,19,27H,13,15H2,(H2,26,31)(H,28,30). The molecule has 0 saturated carbocycles. The van der Waals surface area contributed by atoms with Crippen LogP contribution in [0.4, 0.5) is 5.69 Å². The van der Waals surface area contributed by atoms with Crippen molar-refractivity contribution in [2.24, 2.45) is 5.73 Å². The van der Waals surface area contributed by atoms with Crippen molar-refractivity contribution in [2.45, 2.75) is 10.8 Å². The summed E-state index contributed by atoms with van der Waals surface area (Å²) in [6, 6.07) is 21.9. The van der Waals surface area contributed by atoms with Crippen LogP contribution in [0.3, 0.4) is 0 Å².